The third kappa shape index (κ3) is 2.01. The number of hydrogen-bond donors (Lipinski definition) is 0. The van der Waals surface area contributed by atoms with Gasteiger partial charge in [-0.2, -0.15) is 0 Å². The predicted molar refractivity (Wildman–Crippen MR) is 92.9 cm³/mol. The number of rotatable bonds is 0. The van der Waals surface area contributed by atoms with Crippen molar-refractivity contribution in [3.63, 3.8) is 0 Å². The summed E-state index contributed by atoms with van der Waals surface area (Å²) in [6.45, 7) is 0. The number of halogens is 2. The number of fused-ring (bicyclic) bond motifs is 4. The largest absolute Gasteiger partial charge is 0.455 e. The van der Waals surface area contributed by atoms with E-state index in [0.29, 0.717) is 21.9 Å². The average molecular weight is 404 g/mol. The molecule has 2 nitrogen and oxygen atoms in total. The summed E-state index contributed by atoms with van der Waals surface area (Å²) in [6, 6.07) is 15.2. The molecule has 0 spiro atoms. The fourth-order valence-electron chi connectivity index (χ4n) is 2.58. The van der Waals surface area contributed by atoms with Gasteiger partial charge in [-0.25, -0.2) is 0 Å². The molecule has 0 saturated heterocycles. The summed E-state index contributed by atoms with van der Waals surface area (Å²) in [6.07, 6.45) is 0. The summed E-state index contributed by atoms with van der Waals surface area (Å²) in [5.74, 6) is 0. The Morgan fingerprint density at radius 2 is 1.43 bits per heavy atom. The van der Waals surface area contributed by atoms with E-state index < -0.39 is 0 Å². The maximum absolute atomic E-state index is 12.6. The van der Waals surface area contributed by atoms with Gasteiger partial charge in [-0.3, -0.25) is 4.79 Å². The molecule has 0 aliphatic carbocycles. The summed E-state index contributed by atoms with van der Waals surface area (Å²) in [7, 11) is 0. The molecule has 1 heterocycles. The molecule has 4 rings (SSSR count). The zero-order chi connectivity index (χ0) is 14.6. The Labute approximate surface area is 136 Å². The lowest BCUT2D eigenvalue weighted by atomic mass is 10.1. The van der Waals surface area contributed by atoms with Gasteiger partial charge in [-0.1, -0.05) is 44.0 Å². The van der Waals surface area contributed by atoms with Crippen LogP contribution in [0.5, 0.6) is 0 Å². The molecule has 21 heavy (non-hydrogen) atoms. The topological polar surface area (TPSA) is 30.2 Å². The first-order valence-electron chi connectivity index (χ1n) is 6.38. The van der Waals surface area contributed by atoms with E-state index in [1.54, 1.807) is 6.07 Å². The maximum atomic E-state index is 12.6. The SMILES string of the molecule is O=c1c2ccc(Br)cc2oc2c1ccc1ccc(Br)cc12. The summed E-state index contributed by atoms with van der Waals surface area (Å²) >= 11 is 6.88. The lowest BCUT2D eigenvalue weighted by Gasteiger charge is -2.06. The molecule has 3 aromatic carbocycles. The first-order valence-corrected chi connectivity index (χ1v) is 7.96. The average Bonchev–Trinajstić information content (AvgIpc) is 2.47. The second-order valence-electron chi connectivity index (χ2n) is 4.88. The lowest BCUT2D eigenvalue weighted by Crippen LogP contribution is -2.02. The van der Waals surface area contributed by atoms with Crippen molar-refractivity contribution in [2.75, 3.05) is 0 Å². The summed E-state index contributed by atoms with van der Waals surface area (Å²) in [4.78, 5) is 12.6. The number of benzene rings is 3. The maximum Gasteiger partial charge on any atom is 0.200 e. The van der Waals surface area contributed by atoms with Crippen molar-refractivity contribution in [2.45, 2.75) is 0 Å². The van der Waals surface area contributed by atoms with Gasteiger partial charge in [-0.05, 0) is 41.8 Å². The van der Waals surface area contributed by atoms with Crippen LogP contribution in [0.2, 0.25) is 0 Å². The van der Waals surface area contributed by atoms with E-state index in [0.717, 1.165) is 19.7 Å². The van der Waals surface area contributed by atoms with Crippen LogP contribution < -0.4 is 5.43 Å². The van der Waals surface area contributed by atoms with Crippen molar-refractivity contribution >= 4 is 64.6 Å². The Hall–Kier alpha value is -1.65. The zero-order valence-corrected chi connectivity index (χ0v) is 13.9. The first-order chi connectivity index (χ1) is 10.1. The smallest absolute Gasteiger partial charge is 0.200 e. The molecule has 0 aliphatic heterocycles. The van der Waals surface area contributed by atoms with Crippen LogP contribution >= 0.6 is 31.9 Å². The molecule has 0 radical (unpaired) electrons. The molecule has 0 bridgehead atoms. The van der Waals surface area contributed by atoms with Crippen molar-refractivity contribution < 1.29 is 4.42 Å². The fourth-order valence-corrected chi connectivity index (χ4v) is 3.28. The monoisotopic (exact) mass is 402 g/mol. The third-order valence-electron chi connectivity index (χ3n) is 3.58. The van der Waals surface area contributed by atoms with Crippen molar-refractivity contribution in [1.29, 1.82) is 0 Å². The van der Waals surface area contributed by atoms with Crippen LogP contribution in [-0.2, 0) is 0 Å². The van der Waals surface area contributed by atoms with Crippen molar-refractivity contribution in [1.82, 2.24) is 0 Å². The van der Waals surface area contributed by atoms with Gasteiger partial charge in [-0.15, -0.1) is 0 Å². The van der Waals surface area contributed by atoms with Gasteiger partial charge in [0.15, 0.2) is 0 Å². The van der Waals surface area contributed by atoms with Gasteiger partial charge in [0.1, 0.15) is 11.2 Å². The normalized spacial score (nSPS) is 11.5. The van der Waals surface area contributed by atoms with Crippen LogP contribution in [0.3, 0.4) is 0 Å². The molecule has 0 unspecified atom stereocenters. The Morgan fingerprint density at radius 3 is 2.29 bits per heavy atom. The van der Waals surface area contributed by atoms with Crippen molar-refractivity contribution in [2.24, 2.45) is 0 Å². The fraction of sp³-hybridized carbons (Fsp3) is 0. The Bertz CT molecular complexity index is 1080. The second kappa shape index (κ2) is 4.68. The highest BCUT2D eigenvalue weighted by Crippen LogP contribution is 2.29. The molecule has 0 aliphatic rings. The molecule has 0 amide bonds. The highest BCUT2D eigenvalue weighted by Gasteiger charge is 2.11. The molecule has 102 valence electrons. The highest BCUT2D eigenvalue weighted by molar-refractivity contribution is 9.10. The van der Waals surface area contributed by atoms with Gasteiger partial charge in [0.2, 0.25) is 5.43 Å². The minimum atomic E-state index is 0.000579. The standard InChI is InChI=1S/C17H8Br2O2/c18-10-3-1-9-2-5-13-16(20)12-6-4-11(19)8-15(12)21-17(13)14(9)7-10/h1-8H. The molecule has 0 fully saturated rings. The van der Waals surface area contributed by atoms with Crippen molar-refractivity contribution in [3.05, 3.63) is 67.7 Å². The van der Waals surface area contributed by atoms with E-state index in [-0.39, 0.29) is 5.43 Å². The van der Waals surface area contributed by atoms with E-state index in [1.165, 1.54) is 0 Å². The van der Waals surface area contributed by atoms with Gasteiger partial charge >= 0.3 is 0 Å². The summed E-state index contributed by atoms with van der Waals surface area (Å²) < 4.78 is 7.87. The van der Waals surface area contributed by atoms with Gasteiger partial charge in [0.25, 0.3) is 0 Å². The van der Waals surface area contributed by atoms with E-state index >= 15 is 0 Å². The lowest BCUT2D eigenvalue weighted by molar-refractivity contribution is 0.663. The quantitative estimate of drug-likeness (QED) is 0.281. The van der Waals surface area contributed by atoms with Gasteiger partial charge in [0, 0.05) is 14.3 Å². The van der Waals surface area contributed by atoms with E-state index in [1.807, 2.05) is 42.5 Å². The van der Waals surface area contributed by atoms with Crippen LogP contribution in [0.25, 0.3) is 32.7 Å². The van der Waals surface area contributed by atoms with Crippen LogP contribution in [0.1, 0.15) is 0 Å². The molecule has 4 heteroatoms. The zero-order valence-electron chi connectivity index (χ0n) is 10.7. The molecule has 0 atom stereocenters. The molecule has 4 aromatic rings. The molecular weight excluding hydrogens is 396 g/mol. The third-order valence-corrected chi connectivity index (χ3v) is 4.57. The minimum absolute atomic E-state index is 0.000579. The van der Waals surface area contributed by atoms with E-state index in [9.17, 15) is 4.79 Å². The number of hydrogen-bond acceptors (Lipinski definition) is 2. The summed E-state index contributed by atoms with van der Waals surface area (Å²) in [5, 5.41) is 3.18. The molecular formula is C17H8Br2O2. The van der Waals surface area contributed by atoms with E-state index in [2.05, 4.69) is 31.9 Å². The second-order valence-corrected chi connectivity index (χ2v) is 6.71. The van der Waals surface area contributed by atoms with E-state index in [4.69, 9.17) is 4.42 Å². The highest BCUT2D eigenvalue weighted by atomic mass is 79.9. The van der Waals surface area contributed by atoms with Gasteiger partial charge in [0.05, 0.1) is 10.8 Å². The first kappa shape index (κ1) is 13.0. The molecule has 0 N–H and O–H groups in total. The Morgan fingerprint density at radius 1 is 0.762 bits per heavy atom. The minimum Gasteiger partial charge on any atom is -0.455 e. The van der Waals surface area contributed by atoms with Crippen LogP contribution in [0.15, 0.2) is 66.7 Å². The molecule has 0 saturated carbocycles. The van der Waals surface area contributed by atoms with Crippen molar-refractivity contribution in [3.8, 4) is 0 Å². The predicted octanol–water partition coefficient (Wildman–Crippen LogP) is 5.62. The Balaban J connectivity index is 2.30. The van der Waals surface area contributed by atoms with Crippen LogP contribution in [0, 0.1) is 0 Å². The van der Waals surface area contributed by atoms with Gasteiger partial charge < -0.3 is 4.42 Å². The van der Waals surface area contributed by atoms with Crippen LogP contribution in [-0.4, -0.2) is 0 Å². The molecule has 1 aromatic heterocycles. The summed E-state index contributed by atoms with van der Waals surface area (Å²) in [5.41, 5.74) is 1.22. The van der Waals surface area contributed by atoms with Crippen LogP contribution in [0.4, 0.5) is 0 Å². The Kier molecular flexibility index (Phi) is 2.91.